The largest absolute Gasteiger partial charge is 0.381 e. The lowest BCUT2D eigenvalue weighted by Gasteiger charge is -2.37. The molecule has 6 heteroatoms. The topological polar surface area (TPSA) is 58.4 Å². The van der Waals surface area contributed by atoms with Crippen molar-refractivity contribution >= 4 is 27.3 Å². The maximum atomic E-state index is 10.9. The molecule has 2 fully saturated rings. The van der Waals surface area contributed by atoms with Gasteiger partial charge in [0.1, 0.15) is 0 Å². The summed E-state index contributed by atoms with van der Waals surface area (Å²) in [7, 11) is 2.21. The van der Waals surface area contributed by atoms with E-state index in [1.54, 1.807) is 12.1 Å². The first-order valence-electron chi connectivity index (χ1n) is 6.97. The second kappa shape index (κ2) is 5.33. The Labute approximate surface area is 126 Å². The summed E-state index contributed by atoms with van der Waals surface area (Å²) in [5.74, 6) is 0. The number of nitro groups is 1. The van der Waals surface area contributed by atoms with Crippen molar-refractivity contribution < 1.29 is 4.92 Å². The molecule has 2 bridgehead atoms. The quantitative estimate of drug-likeness (QED) is 0.677. The third kappa shape index (κ3) is 2.54. The molecule has 0 radical (unpaired) electrons. The number of hydrogen-bond donors (Lipinski definition) is 1. The number of halogens is 1. The first kappa shape index (κ1) is 13.8. The molecule has 3 rings (SSSR count). The standard InChI is InChI=1S/C14H18BrN3O2/c1-17-10-2-3-11(17)7-9(6-10)16-14-8-12(18(19)20)4-5-13(14)15/h4-5,8-11,16H,2-3,6-7H2,1H3. The Balaban J connectivity index is 1.75. The number of non-ortho nitro benzene ring substituents is 1. The van der Waals surface area contributed by atoms with Gasteiger partial charge >= 0.3 is 0 Å². The van der Waals surface area contributed by atoms with Crippen molar-refractivity contribution in [2.45, 2.75) is 43.8 Å². The van der Waals surface area contributed by atoms with Gasteiger partial charge < -0.3 is 10.2 Å². The van der Waals surface area contributed by atoms with Gasteiger partial charge in [0.15, 0.2) is 0 Å². The predicted octanol–water partition coefficient (Wildman–Crippen LogP) is 3.39. The fourth-order valence-corrected chi connectivity index (χ4v) is 3.85. The van der Waals surface area contributed by atoms with Crippen LogP contribution in [0.2, 0.25) is 0 Å². The highest BCUT2D eigenvalue weighted by atomic mass is 79.9. The molecule has 2 aliphatic rings. The van der Waals surface area contributed by atoms with E-state index in [1.165, 1.54) is 18.9 Å². The highest BCUT2D eigenvalue weighted by Gasteiger charge is 2.38. The lowest BCUT2D eigenvalue weighted by molar-refractivity contribution is -0.384. The molecule has 2 atom stereocenters. The van der Waals surface area contributed by atoms with Crippen LogP contribution in [-0.4, -0.2) is 35.0 Å². The summed E-state index contributed by atoms with van der Waals surface area (Å²) in [6.07, 6.45) is 4.77. The second-order valence-corrected chi connectivity index (χ2v) is 6.64. The van der Waals surface area contributed by atoms with Crippen LogP contribution in [0.4, 0.5) is 11.4 Å². The van der Waals surface area contributed by atoms with Crippen LogP contribution in [0, 0.1) is 10.1 Å². The molecule has 20 heavy (non-hydrogen) atoms. The van der Waals surface area contributed by atoms with Crippen LogP contribution < -0.4 is 5.32 Å². The van der Waals surface area contributed by atoms with Crippen LogP contribution in [0.15, 0.2) is 22.7 Å². The van der Waals surface area contributed by atoms with Gasteiger partial charge in [0.2, 0.25) is 0 Å². The molecule has 0 spiro atoms. The van der Waals surface area contributed by atoms with Crippen molar-refractivity contribution in [1.29, 1.82) is 0 Å². The summed E-state index contributed by atoms with van der Waals surface area (Å²) in [5.41, 5.74) is 0.958. The van der Waals surface area contributed by atoms with Crippen molar-refractivity contribution in [2.75, 3.05) is 12.4 Å². The molecule has 0 saturated carbocycles. The lowest BCUT2D eigenvalue weighted by Crippen LogP contribution is -2.44. The van der Waals surface area contributed by atoms with E-state index in [0.29, 0.717) is 18.1 Å². The molecule has 2 aliphatic heterocycles. The molecule has 0 amide bonds. The van der Waals surface area contributed by atoms with Crippen LogP contribution in [0.25, 0.3) is 0 Å². The zero-order valence-electron chi connectivity index (χ0n) is 11.4. The minimum atomic E-state index is -0.351. The van der Waals surface area contributed by atoms with Crippen molar-refractivity contribution in [3.8, 4) is 0 Å². The number of anilines is 1. The molecular formula is C14H18BrN3O2. The second-order valence-electron chi connectivity index (χ2n) is 5.78. The maximum Gasteiger partial charge on any atom is 0.271 e. The minimum Gasteiger partial charge on any atom is -0.381 e. The van der Waals surface area contributed by atoms with E-state index in [9.17, 15) is 10.1 Å². The van der Waals surface area contributed by atoms with E-state index >= 15 is 0 Å². The molecule has 1 N–H and O–H groups in total. The van der Waals surface area contributed by atoms with Gasteiger partial charge in [-0.3, -0.25) is 10.1 Å². The molecule has 2 unspecified atom stereocenters. The van der Waals surface area contributed by atoms with E-state index in [4.69, 9.17) is 0 Å². The molecule has 0 aliphatic carbocycles. The van der Waals surface area contributed by atoms with Crippen molar-refractivity contribution in [3.05, 3.63) is 32.8 Å². The Hall–Kier alpha value is -1.14. The van der Waals surface area contributed by atoms with Crippen LogP contribution in [0.5, 0.6) is 0 Å². The van der Waals surface area contributed by atoms with Crippen molar-refractivity contribution in [2.24, 2.45) is 0 Å². The Kier molecular flexibility index (Phi) is 3.69. The Morgan fingerprint density at radius 1 is 1.35 bits per heavy atom. The average Bonchev–Trinajstić information content (AvgIpc) is 2.64. The van der Waals surface area contributed by atoms with E-state index in [2.05, 4.69) is 33.2 Å². The Bertz CT molecular complexity index is 523. The van der Waals surface area contributed by atoms with E-state index < -0.39 is 0 Å². The molecular weight excluding hydrogens is 322 g/mol. The number of nitrogens with one attached hydrogen (secondary N) is 1. The number of nitrogens with zero attached hydrogens (tertiary/aromatic N) is 2. The van der Waals surface area contributed by atoms with E-state index in [-0.39, 0.29) is 10.6 Å². The lowest BCUT2D eigenvalue weighted by atomic mass is 9.98. The van der Waals surface area contributed by atoms with Gasteiger partial charge in [-0.15, -0.1) is 0 Å². The molecule has 2 saturated heterocycles. The first-order valence-corrected chi connectivity index (χ1v) is 7.76. The van der Waals surface area contributed by atoms with Crippen LogP contribution in [-0.2, 0) is 0 Å². The molecule has 5 nitrogen and oxygen atoms in total. The summed E-state index contributed by atoms with van der Waals surface area (Å²) < 4.78 is 0.884. The van der Waals surface area contributed by atoms with Gasteiger partial charge in [-0.05, 0) is 54.7 Å². The first-order chi connectivity index (χ1) is 9.54. The molecule has 1 aromatic carbocycles. The number of nitro benzene ring substituents is 1. The number of piperidine rings is 1. The fourth-order valence-electron chi connectivity index (χ4n) is 3.49. The number of benzene rings is 1. The van der Waals surface area contributed by atoms with Crippen molar-refractivity contribution in [3.63, 3.8) is 0 Å². The van der Waals surface area contributed by atoms with Gasteiger partial charge in [0, 0.05) is 34.7 Å². The smallest absolute Gasteiger partial charge is 0.271 e. The summed E-state index contributed by atoms with van der Waals surface area (Å²) in [4.78, 5) is 13.0. The number of rotatable bonds is 3. The number of hydrogen-bond acceptors (Lipinski definition) is 4. The zero-order valence-corrected chi connectivity index (χ0v) is 13.0. The third-order valence-electron chi connectivity index (χ3n) is 4.62. The molecule has 1 aromatic rings. The summed E-state index contributed by atoms with van der Waals surface area (Å²) in [6.45, 7) is 0. The van der Waals surface area contributed by atoms with E-state index in [0.717, 1.165) is 23.0 Å². The predicted molar refractivity (Wildman–Crippen MR) is 82.0 cm³/mol. The minimum absolute atomic E-state index is 0.131. The van der Waals surface area contributed by atoms with Gasteiger partial charge in [0.05, 0.1) is 10.6 Å². The Morgan fingerprint density at radius 3 is 2.60 bits per heavy atom. The van der Waals surface area contributed by atoms with Crippen LogP contribution in [0.1, 0.15) is 25.7 Å². The SMILES string of the molecule is CN1C2CCC1CC(Nc1cc([N+](=O)[O-])ccc1Br)C2. The summed E-state index contributed by atoms with van der Waals surface area (Å²) in [5, 5.41) is 14.4. The average molecular weight is 340 g/mol. The zero-order chi connectivity index (χ0) is 14.3. The fraction of sp³-hybridized carbons (Fsp3) is 0.571. The molecule has 0 aromatic heterocycles. The van der Waals surface area contributed by atoms with Crippen LogP contribution in [0.3, 0.4) is 0 Å². The molecule has 108 valence electrons. The van der Waals surface area contributed by atoms with Crippen LogP contribution >= 0.6 is 15.9 Å². The van der Waals surface area contributed by atoms with Crippen molar-refractivity contribution in [1.82, 2.24) is 4.90 Å². The maximum absolute atomic E-state index is 10.9. The van der Waals surface area contributed by atoms with Gasteiger partial charge in [-0.2, -0.15) is 0 Å². The van der Waals surface area contributed by atoms with Gasteiger partial charge in [-0.25, -0.2) is 0 Å². The third-order valence-corrected chi connectivity index (χ3v) is 5.31. The summed E-state index contributed by atoms with van der Waals surface area (Å²) >= 11 is 3.47. The highest BCUT2D eigenvalue weighted by Crippen LogP contribution is 2.36. The Morgan fingerprint density at radius 2 is 2.00 bits per heavy atom. The summed E-state index contributed by atoms with van der Waals surface area (Å²) in [6, 6.07) is 6.59. The van der Waals surface area contributed by atoms with Gasteiger partial charge in [-0.1, -0.05) is 0 Å². The normalized spacial score (nSPS) is 29.4. The molecule has 2 heterocycles. The van der Waals surface area contributed by atoms with Gasteiger partial charge in [0.25, 0.3) is 5.69 Å². The van der Waals surface area contributed by atoms with E-state index in [1.807, 2.05) is 0 Å². The number of fused-ring (bicyclic) bond motifs is 2. The highest BCUT2D eigenvalue weighted by molar-refractivity contribution is 9.10. The monoisotopic (exact) mass is 339 g/mol.